The summed E-state index contributed by atoms with van der Waals surface area (Å²) in [5, 5.41) is 10.3. The van der Waals surface area contributed by atoms with Crippen LogP contribution in [0.2, 0.25) is 0 Å². The van der Waals surface area contributed by atoms with E-state index in [4.69, 9.17) is 9.15 Å². The highest BCUT2D eigenvalue weighted by molar-refractivity contribution is 7.22. The van der Waals surface area contributed by atoms with E-state index < -0.39 is 16.8 Å². The molecule has 0 saturated heterocycles. The standard InChI is InChI=1S/C23H25N3O5S/c1-14-17-20(28)26(23(2,3)13-27)22(29)25(11-9-15-7-5-6-8-16(15)30-4)21(17)32-18(14)19-24-10-12-31-19/h5-8,10,12,27H,9,11,13H2,1-4H3. The van der Waals surface area contributed by atoms with Gasteiger partial charge in [0, 0.05) is 6.54 Å². The molecule has 3 aromatic heterocycles. The van der Waals surface area contributed by atoms with Crippen LogP contribution in [0.25, 0.3) is 21.0 Å². The lowest BCUT2D eigenvalue weighted by molar-refractivity contribution is 0.155. The van der Waals surface area contributed by atoms with E-state index in [0.29, 0.717) is 39.5 Å². The number of hydrogen-bond donors (Lipinski definition) is 1. The van der Waals surface area contributed by atoms with Crippen molar-refractivity contribution in [3.63, 3.8) is 0 Å². The van der Waals surface area contributed by atoms with Gasteiger partial charge in [0.05, 0.1) is 35.7 Å². The van der Waals surface area contributed by atoms with E-state index in [1.54, 1.807) is 31.7 Å². The second-order valence-electron chi connectivity index (χ2n) is 8.18. The normalized spacial score (nSPS) is 11.9. The van der Waals surface area contributed by atoms with Crippen molar-refractivity contribution in [2.45, 2.75) is 39.3 Å². The van der Waals surface area contributed by atoms with Gasteiger partial charge in [-0.15, -0.1) is 11.3 Å². The fourth-order valence-electron chi connectivity index (χ4n) is 3.83. The third-order valence-corrected chi connectivity index (χ3v) is 6.93. The summed E-state index contributed by atoms with van der Waals surface area (Å²) in [5.74, 6) is 1.14. The first-order valence-electron chi connectivity index (χ1n) is 10.2. The number of fused-ring (bicyclic) bond motifs is 1. The van der Waals surface area contributed by atoms with Gasteiger partial charge >= 0.3 is 5.69 Å². The van der Waals surface area contributed by atoms with Crippen LogP contribution in [0, 0.1) is 6.92 Å². The molecule has 0 aliphatic heterocycles. The maximum absolute atomic E-state index is 13.5. The average molecular weight is 456 g/mol. The molecule has 0 unspecified atom stereocenters. The minimum absolute atomic E-state index is 0.336. The van der Waals surface area contributed by atoms with Crippen LogP contribution in [-0.4, -0.2) is 32.9 Å². The summed E-state index contributed by atoms with van der Waals surface area (Å²) in [6.07, 6.45) is 3.55. The Morgan fingerprint density at radius 2 is 2.00 bits per heavy atom. The molecule has 4 aromatic rings. The maximum Gasteiger partial charge on any atom is 0.332 e. The number of oxazole rings is 1. The highest BCUT2D eigenvalue weighted by atomic mass is 32.1. The van der Waals surface area contributed by atoms with Crippen LogP contribution in [0.5, 0.6) is 5.75 Å². The van der Waals surface area contributed by atoms with Gasteiger partial charge in [-0.2, -0.15) is 0 Å². The monoisotopic (exact) mass is 455 g/mol. The molecule has 1 aromatic carbocycles. The van der Waals surface area contributed by atoms with Crippen LogP contribution in [0.4, 0.5) is 0 Å². The molecule has 0 aliphatic carbocycles. The van der Waals surface area contributed by atoms with Crippen molar-refractivity contribution in [2.24, 2.45) is 0 Å². The molecule has 0 fully saturated rings. The largest absolute Gasteiger partial charge is 0.496 e. The van der Waals surface area contributed by atoms with E-state index in [2.05, 4.69) is 4.98 Å². The number of aliphatic hydroxyl groups excluding tert-OH is 1. The first-order chi connectivity index (χ1) is 15.3. The number of aryl methyl sites for hydroxylation is 3. The molecule has 0 amide bonds. The molecule has 168 valence electrons. The lowest BCUT2D eigenvalue weighted by atomic mass is 10.1. The van der Waals surface area contributed by atoms with Gasteiger partial charge in [0.15, 0.2) is 0 Å². The number of aromatic nitrogens is 3. The third-order valence-electron chi connectivity index (χ3n) is 5.63. The van der Waals surface area contributed by atoms with Crippen molar-refractivity contribution in [1.82, 2.24) is 14.1 Å². The van der Waals surface area contributed by atoms with Crippen LogP contribution in [0.3, 0.4) is 0 Å². The Bertz CT molecular complexity index is 1380. The van der Waals surface area contributed by atoms with E-state index >= 15 is 0 Å². The Morgan fingerprint density at radius 1 is 1.25 bits per heavy atom. The summed E-state index contributed by atoms with van der Waals surface area (Å²) in [4.78, 5) is 32.5. The number of para-hydroxylation sites is 1. The van der Waals surface area contributed by atoms with E-state index in [0.717, 1.165) is 15.9 Å². The second kappa shape index (κ2) is 8.40. The van der Waals surface area contributed by atoms with Crippen molar-refractivity contribution in [3.8, 4) is 16.5 Å². The Labute approximate surface area is 188 Å². The predicted octanol–water partition coefficient (Wildman–Crippen LogP) is 3.17. The van der Waals surface area contributed by atoms with Crippen LogP contribution < -0.4 is 16.0 Å². The van der Waals surface area contributed by atoms with Crippen molar-refractivity contribution in [3.05, 3.63) is 68.7 Å². The fourth-order valence-corrected chi connectivity index (χ4v) is 5.09. The molecule has 4 rings (SSSR count). The fraction of sp³-hybridized carbons (Fsp3) is 0.348. The van der Waals surface area contributed by atoms with Gasteiger partial charge in [0.2, 0.25) is 5.89 Å². The number of hydrogen-bond acceptors (Lipinski definition) is 7. The van der Waals surface area contributed by atoms with Crippen molar-refractivity contribution < 1.29 is 14.3 Å². The van der Waals surface area contributed by atoms with Gasteiger partial charge < -0.3 is 14.3 Å². The van der Waals surface area contributed by atoms with Gasteiger partial charge in [-0.1, -0.05) is 18.2 Å². The van der Waals surface area contributed by atoms with Crippen LogP contribution in [0.15, 0.2) is 50.7 Å². The molecule has 9 heteroatoms. The first kappa shape index (κ1) is 22.0. The number of nitrogens with zero attached hydrogens (tertiary/aromatic N) is 3. The van der Waals surface area contributed by atoms with E-state index in [9.17, 15) is 14.7 Å². The zero-order valence-electron chi connectivity index (χ0n) is 18.4. The Hall–Kier alpha value is -3.17. The molecule has 0 radical (unpaired) electrons. The summed E-state index contributed by atoms with van der Waals surface area (Å²) < 4.78 is 13.7. The molecule has 0 atom stereocenters. The van der Waals surface area contributed by atoms with Gasteiger partial charge in [-0.25, -0.2) is 9.78 Å². The molecular formula is C23H25N3O5S. The van der Waals surface area contributed by atoms with Gasteiger partial charge in [0.1, 0.15) is 16.8 Å². The number of aliphatic hydroxyl groups is 1. The van der Waals surface area contributed by atoms with Gasteiger partial charge in [-0.3, -0.25) is 13.9 Å². The lowest BCUT2D eigenvalue weighted by Gasteiger charge is -2.25. The number of thiophene rings is 1. The minimum Gasteiger partial charge on any atom is -0.496 e. The molecule has 8 nitrogen and oxygen atoms in total. The summed E-state index contributed by atoms with van der Waals surface area (Å²) >= 11 is 1.31. The second-order valence-corrected chi connectivity index (χ2v) is 9.18. The molecule has 0 aliphatic rings. The van der Waals surface area contributed by atoms with Gasteiger partial charge in [-0.05, 0) is 44.4 Å². The molecule has 3 heterocycles. The Kier molecular flexibility index (Phi) is 5.79. The summed E-state index contributed by atoms with van der Waals surface area (Å²) in [7, 11) is 1.61. The molecule has 32 heavy (non-hydrogen) atoms. The zero-order valence-corrected chi connectivity index (χ0v) is 19.2. The quantitative estimate of drug-likeness (QED) is 0.460. The minimum atomic E-state index is -1.06. The van der Waals surface area contributed by atoms with E-state index in [1.807, 2.05) is 31.2 Å². The van der Waals surface area contributed by atoms with E-state index in [1.165, 1.54) is 17.6 Å². The maximum atomic E-state index is 13.5. The van der Waals surface area contributed by atoms with Crippen LogP contribution in [-0.2, 0) is 18.5 Å². The topological polar surface area (TPSA) is 99.5 Å². The molecular weight excluding hydrogens is 430 g/mol. The molecule has 0 bridgehead atoms. The predicted molar refractivity (Wildman–Crippen MR) is 124 cm³/mol. The van der Waals surface area contributed by atoms with E-state index in [-0.39, 0.29) is 6.61 Å². The summed E-state index contributed by atoms with van der Waals surface area (Å²) in [5.41, 5.74) is -0.298. The molecule has 0 spiro atoms. The van der Waals surface area contributed by atoms with Crippen molar-refractivity contribution in [2.75, 3.05) is 13.7 Å². The lowest BCUT2D eigenvalue weighted by Crippen LogP contribution is -2.50. The number of methoxy groups -OCH3 is 1. The molecule has 1 N–H and O–H groups in total. The highest BCUT2D eigenvalue weighted by Crippen LogP contribution is 2.35. The highest BCUT2D eigenvalue weighted by Gasteiger charge is 2.29. The number of ether oxygens (including phenoxy) is 1. The smallest absolute Gasteiger partial charge is 0.332 e. The summed E-state index contributed by atoms with van der Waals surface area (Å²) in [6, 6.07) is 7.63. The van der Waals surface area contributed by atoms with Gasteiger partial charge in [0.25, 0.3) is 5.56 Å². The number of benzene rings is 1. The molecule has 0 saturated carbocycles. The van der Waals surface area contributed by atoms with Crippen molar-refractivity contribution in [1.29, 1.82) is 0 Å². The SMILES string of the molecule is COc1ccccc1CCn1c(=O)n(C(C)(C)CO)c(=O)c2c(C)c(-c3ncco3)sc21. The zero-order chi connectivity index (χ0) is 23.0. The third kappa shape index (κ3) is 3.57. The first-order valence-corrected chi connectivity index (χ1v) is 11.0. The van der Waals surface area contributed by atoms with Crippen LogP contribution >= 0.6 is 11.3 Å². The van der Waals surface area contributed by atoms with Crippen molar-refractivity contribution >= 4 is 21.6 Å². The Morgan fingerprint density at radius 3 is 2.66 bits per heavy atom. The van der Waals surface area contributed by atoms with Crippen LogP contribution in [0.1, 0.15) is 25.0 Å². The average Bonchev–Trinajstić information content (AvgIpc) is 3.42. The summed E-state index contributed by atoms with van der Waals surface area (Å²) in [6.45, 7) is 5.15. The Balaban J connectivity index is 1.97. The number of rotatable bonds is 7.